The molecule has 0 bridgehead atoms. The van der Waals surface area contributed by atoms with Crippen molar-refractivity contribution in [3.05, 3.63) is 47.9 Å². The lowest BCUT2D eigenvalue weighted by Gasteiger charge is -2.09. The van der Waals surface area contributed by atoms with Crippen LogP contribution in [-0.4, -0.2) is 10.2 Å². The van der Waals surface area contributed by atoms with Crippen molar-refractivity contribution >= 4 is 0 Å². The number of hydrogen-bond acceptors (Lipinski definition) is 3. The molecule has 2 rings (SSSR count). The number of ether oxygens (including phenoxy) is 1. The van der Waals surface area contributed by atoms with E-state index in [2.05, 4.69) is 10.2 Å². The van der Waals surface area contributed by atoms with E-state index in [9.17, 15) is 17.6 Å². The quantitative estimate of drug-likeness (QED) is 0.774. The lowest BCUT2D eigenvalue weighted by atomic mass is 10.2. The summed E-state index contributed by atoms with van der Waals surface area (Å²) in [4.78, 5) is 0. The smallest absolute Gasteiger partial charge is 0.416 e. The van der Waals surface area contributed by atoms with Crippen molar-refractivity contribution in [2.45, 2.75) is 6.18 Å². The second-order valence-electron chi connectivity index (χ2n) is 3.31. The van der Waals surface area contributed by atoms with Gasteiger partial charge in [-0.3, -0.25) is 0 Å². The molecule has 3 nitrogen and oxygen atoms in total. The molecule has 94 valence electrons. The Bertz CT molecular complexity index is 557. The van der Waals surface area contributed by atoms with Crippen LogP contribution >= 0.6 is 0 Å². The van der Waals surface area contributed by atoms with Crippen LogP contribution in [0.3, 0.4) is 0 Å². The van der Waals surface area contributed by atoms with E-state index in [0.29, 0.717) is 0 Å². The predicted octanol–water partition coefficient (Wildman–Crippen LogP) is 3.43. The maximum Gasteiger partial charge on any atom is 0.416 e. The van der Waals surface area contributed by atoms with E-state index in [1.165, 1.54) is 6.07 Å². The highest BCUT2D eigenvalue weighted by Crippen LogP contribution is 2.32. The first-order valence-electron chi connectivity index (χ1n) is 4.79. The van der Waals surface area contributed by atoms with Crippen LogP contribution in [0.4, 0.5) is 17.6 Å². The van der Waals surface area contributed by atoms with Crippen molar-refractivity contribution in [3.63, 3.8) is 0 Å². The van der Waals surface area contributed by atoms with Crippen molar-refractivity contribution in [2.24, 2.45) is 0 Å². The average Bonchev–Trinajstić information content (AvgIpc) is 2.31. The molecular weight excluding hydrogens is 252 g/mol. The van der Waals surface area contributed by atoms with Crippen LogP contribution in [-0.2, 0) is 6.18 Å². The molecular formula is C11H6F4N2O. The minimum absolute atomic E-state index is 0.163. The molecule has 1 aromatic heterocycles. The van der Waals surface area contributed by atoms with Crippen molar-refractivity contribution in [1.29, 1.82) is 0 Å². The van der Waals surface area contributed by atoms with E-state index in [-0.39, 0.29) is 5.75 Å². The Morgan fingerprint density at radius 1 is 1.11 bits per heavy atom. The fourth-order valence-corrected chi connectivity index (χ4v) is 1.22. The molecule has 0 saturated heterocycles. The zero-order chi connectivity index (χ0) is 13.2. The van der Waals surface area contributed by atoms with Gasteiger partial charge in [-0.2, -0.15) is 18.3 Å². The summed E-state index contributed by atoms with van der Waals surface area (Å²) in [5.41, 5.74) is -0.885. The van der Waals surface area contributed by atoms with Crippen LogP contribution in [0.25, 0.3) is 0 Å². The first-order valence-corrected chi connectivity index (χ1v) is 4.79. The Balaban J connectivity index is 2.28. The first-order chi connectivity index (χ1) is 8.47. The van der Waals surface area contributed by atoms with Crippen molar-refractivity contribution in [2.75, 3.05) is 0 Å². The van der Waals surface area contributed by atoms with Gasteiger partial charge in [-0.1, -0.05) is 6.07 Å². The highest BCUT2D eigenvalue weighted by atomic mass is 19.4. The van der Waals surface area contributed by atoms with Crippen LogP contribution in [0.15, 0.2) is 36.5 Å². The molecule has 0 amide bonds. The largest absolute Gasteiger partial charge is 0.435 e. The van der Waals surface area contributed by atoms with Gasteiger partial charge in [0.1, 0.15) is 5.75 Å². The SMILES string of the molecule is Fc1ccnnc1Oc1cccc(C(F)(F)F)c1. The van der Waals surface area contributed by atoms with E-state index >= 15 is 0 Å². The molecule has 1 heterocycles. The second kappa shape index (κ2) is 4.59. The van der Waals surface area contributed by atoms with Gasteiger partial charge in [0.05, 0.1) is 11.8 Å². The van der Waals surface area contributed by atoms with E-state index in [0.717, 1.165) is 30.5 Å². The Kier molecular flexibility index (Phi) is 3.14. The number of alkyl halides is 3. The van der Waals surface area contributed by atoms with Gasteiger partial charge < -0.3 is 4.74 Å². The molecule has 0 aliphatic carbocycles. The third-order valence-electron chi connectivity index (χ3n) is 2.02. The van der Waals surface area contributed by atoms with Crippen molar-refractivity contribution < 1.29 is 22.3 Å². The van der Waals surface area contributed by atoms with E-state index in [1.54, 1.807) is 0 Å². The van der Waals surface area contributed by atoms with Gasteiger partial charge in [0, 0.05) is 0 Å². The summed E-state index contributed by atoms with van der Waals surface area (Å²) >= 11 is 0. The van der Waals surface area contributed by atoms with Crippen LogP contribution in [0.1, 0.15) is 5.56 Å². The van der Waals surface area contributed by atoms with Gasteiger partial charge in [0.25, 0.3) is 5.88 Å². The second-order valence-corrected chi connectivity index (χ2v) is 3.31. The summed E-state index contributed by atoms with van der Waals surface area (Å²) in [6.45, 7) is 0. The summed E-state index contributed by atoms with van der Waals surface area (Å²) in [6.07, 6.45) is -3.38. The van der Waals surface area contributed by atoms with Crippen LogP contribution in [0.5, 0.6) is 11.6 Å². The molecule has 0 aliphatic heterocycles. The maximum absolute atomic E-state index is 13.2. The zero-order valence-electron chi connectivity index (χ0n) is 8.78. The predicted molar refractivity (Wildman–Crippen MR) is 53.5 cm³/mol. The Hall–Kier alpha value is -2.18. The van der Waals surface area contributed by atoms with Crippen molar-refractivity contribution in [3.8, 4) is 11.6 Å². The van der Waals surface area contributed by atoms with Crippen LogP contribution in [0.2, 0.25) is 0 Å². The molecule has 0 fully saturated rings. The molecule has 1 aromatic carbocycles. The molecule has 0 N–H and O–H groups in total. The van der Waals surface area contributed by atoms with Crippen LogP contribution < -0.4 is 4.74 Å². The lowest BCUT2D eigenvalue weighted by Crippen LogP contribution is -2.04. The Labute approximate surface area is 99.0 Å². The first kappa shape index (κ1) is 12.3. The van der Waals surface area contributed by atoms with Gasteiger partial charge in [-0.25, -0.2) is 4.39 Å². The monoisotopic (exact) mass is 258 g/mol. The number of rotatable bonds is 2. The molecule has 18 heavy (non-hydrogen) atoms. The standard InChI is InChI=1S/C11H6F4N2O/c12-9-4-5-16-17-10(9)18-8-3-1-2-7(6-8)11(13,14)15/h1-6H. The highest BCUT2D eigenvalue weighted by Gasteiger charge is 2.30. The fourth-order valence-electron chi connectivity index (χ4n) is 1.22. The van der Waals surface area contributed by atoms with Gasteiger partial charge in [-0.15, -0.1) is 5.10 Å². The molecule has 0 aliphatic rings. The number of halogens is 4. The topological polar surface area (TPSA) is 35.0 Å². The van der Waals surface area contributed by atoms with Crippen LogP contribution in [0, 0.1) is 5.82 Å². The molecule has 0 atom stereocenters. The van der Waals surface area contributed by atoms with E-state index in [4.69, 9.17) is 4.74 Å². The molecule has 0 radical (unpaired) electrons. The van der Waals surface area contributed by atoms with Gasteiger partial charge in [0.2, 0.25) is 0 Å². The summed E-state index contributed by atoms with van der Waals surface area (Å²) < 4.78 is 55.3. The molecule has 2 aromatic rings. The summed E-state index contributed by atoms with van der Waals surface area (Å²) in [7, 11) is 0. The fraction of sp³-hybridized carbons (Fsp3) is 0.0909. The molecule has 0 saturated carbocycles. The van der Waals surface area contributed by atoms with Crippen molar-refractivity contribution in [1.82, 2.24) is 10.2 Å². The molecule has 0 spiro atoms. The van der Waals surface area contributed by atoms with E-state index < -0.39 is 23.4 Å². The summed E-state index contributed by atoms with van der Waals surface area (Å²) in [5.74, 6) is -1.44. The maximum atomic E-state index is 13.2. The normalized spacial score (nSPS) is 11.3. The number of hydrogen-bond donors (Lipinski definition) is 0. The third-order valence-corrected chi connectivity index (χ3v) is 2.02. The number of aromatic nitrogens is 2. The summed E-state index contributed by atoms with van der Waals surface area (Å²) in [6, 6.07) is 5.07. The average molecular weight is 258 g/mol. The Morgan fingerprint density at radius 3 is 2.56 bits per heavy atom. The minimum atomic E-state index is -4.49. The highest BCUT2D eigenvalue weighted by molar-refractivity contribution is 5.32. The Morgan fingerprint density at radius 2 is 1.89 bits per heavy atom. The van der Waals surface area contributed by atoms with Gasteiger partial charge in [-0.05, 0) is 24.3 Å². The minimum Gasteiger partial charge on any atom is -0.435 e. The summed E-state index contributed by atoms with van der Waals surface area (Å²) in [5, 5.41) is 6.71. The zero-order valence-corrected chi connectivity index (χ0v) is 8.78. The van der Waals surface area contributed by atoms with E-state index in [1.807, 2.05) is 0 Å². The number of nitrogens with zero attached hydrogens (tertiary/aromatic N) is 2. The molecule has 0 unspecified atom stereocenters. The van der Waals surface area contributed by atoms with Gasteiger partial charge >= 0.3 is 6.18 Å². The molecule has 7 heteroatoms. The third kappa shape index (κ3) is 2.73. The lowest BCUT2D eigenvalue weighted by molar-refractivity contribution is -0.137. The van der Waals surface area contributed by atoms with Gasteiger partial charge in [0.15, 0.2) is 5.82 Å². The number of benzene rings is 1.